The lowest BCUT2D eigenvalue weighted by Crippen LogP contribution is -2.26. The zero-order valence-electron chi connectivity index (χ0n) is 11.9. The number of hydrogen-bond donors (Lipinski definition) is 1. The summed E-state index contributed by atoms with van der Waals surface area (Å²) in [6.07, 6.45) is 3.51. The fourth-order valence-corrected chi connectivity index (χ4v) is 2.48. The normalized spacial score (nSPS) is 14.4. The lowest BCUT2D eigenvalue weighted by atomic mass is 9.84. The second-order valence-electron chi connectivity index (χ2n) is 5.13. The van der Waals surface area contributed by atoms with Gasteiger partial charge in [0.25, 0.3) is 0 Å². The molecule has 102 valence electrons. The van der Waals surface area contributed by atoms with Crippen LogP contribution in [0.15, 0.2) is 24.3 Å². The van der Waals surface area contributed by atoms with Crippen LogP contribution in [0.25, 0.3) is 0 Å². The van der Waals surface area contributed by atoms with Gasteiger partial charge in [0.15, 0.2) is 0 Å². The first kappa shape index (κ1) is 15.2. The molecule has 0 fully saturated rings. The molecule has 0 radical (unpaired) electrons. The van der Waals surface area contributed by atoms with Gasteiger partial charge in [-0.15, -0.1) is 0 Å². The second-order valence-corrected chi connectivity index (χ2v) is 5.13. The van der Waals surface area contributed by atoms with Gasteiger partial charge in [0.1, 0.15) is 5.82 Å². The minimum atomic E-state index is -0.128. The summed E-state index contributed by atoms with van der Waals surface area (Å²) in [4.78, 5) is 0. The van der Waals surface area contributed by atoms with E-state index in [-0.39, 0.29) is 5.82 Å². The minimum Gasteiger partial charge on any atom is -0.316 e. The molecule has 2 unspecified atom stereocenters. The van der Waals surface area contributed by atoms with Crippen LogP contribution in [0.5, 0.6) is 0 Å². The van der Waals surface area contributed by atoms with E-state index in [1.54, 1.807) is 6.07 Å². The first-order valence-corrected chi connectivity index (χ1v) is 7.15. The Morgan fingerprint density at radius 2 is 2.00 bits per heavy atom. The van der Waals surface area contributed by atoms with Gasteiger partial charge in [-0.25, -0.2) is 4.39 Å². The average molecular weight is 251 g/mol. The Balaban J connectivity index is 2.75. The first-order valence-electron chi connectivity index (χ1n) is 7.15. The molecule has 1 N–H and O–H groups in total. The molecule has 0 saturated carbocycles. The van der Waals surface area contributed by atoms with Crippen molar-refractivity contribution < 1.29 is 4.39 Å². The van der Waals surface area contributed by atoms with E-state index in [4.69, 9.17) is 0 Å². The van der Waals surface area contributed by atoms with Crippen molar-refractivity contribution in [1.82, 2.24) is 5.32 Å². The van der Waals surface area contributed by atoms with Crippen LogP contribution in [0.1, 0.15) is 51.5 Å². The minimum absolute atomic E-state index is 0.128. The molecule has 0 amide bonds. The van der Waals surface area contributed by atoms with Gasteiger partial charge in [-0.1, -0.05) is 45.7 Å². The molecule has 0 spiro atoms. The third-order valence-corrected chi connectivity index (χ3v) is 3.50. The van der Waals surface area contributed by atoms with Crippen LogP contribution in [0, 0.1) is 11.7 Å². The van der Waals surface area contributed by atoms with E-state index in [2.05, 4.69) is 26.1 Å². The topological polar surface area (TPSA) is 12.0 Å². The predicted octanol–water partition coefficient (Wildman–Crippen LogP) is 4.35. The zero-order chi connectivity index (χ0) is 13.4. The SMILES string of the molecule is CCCNCC(c1cccc(F)c1)C(C)CCC. The van der Waals surface area contributed by atoms with Gasteiger partial charge >= 0.3 is 0 Å². The smallest absolute Gasteiger partial charge is 0.123 e. The molecule has 0 aliphatic heterocycles. The van der Waals surface area contributed by atoms with Gasteiger partial charge < -0.3 is 5.32 Å². The number of nitrogens with one attached hydrogen (secondary N) is 1. The van der Waals surface area contributed by atoms with Crippen molar-refractivity contribution in [3.63, 3.8) is 0 Å². The molecule has 0 bridgehead atoms. The monoisotopic (exact) mass is 251 g/mol. The van der Waals surface area contributed by atoms with E-state index in [1.165, 1.54) is 18.9 Å². The van der Waals surface area contributed by atoms with E-state index in [1.807, 2.05) is 12.1 Å². The summed E-state index contributed by atoms with van der Waals surface area (Å²) in [5, 5.41) is 3.47. The standard InChI is InChI=1S/C16H26FN/c1-4-7-13(3)16(12-18-10-5-2)14-8-6-9-15(17)11-14/h6,8-9,11,13,16,18H,4-5,7,10,12H2,1-3H3. The highest BCUT2D eigenvalue weighted by atomic mass is 19.1. The Morgan fingerprint density at radius 3 is 2.61 bits per heavy atom. The molecule has 0 heterocycles. The summed E-state index contributed by atoms with van der Waals surface area (Å²) >= 11 is 0. The molecule has 0 saturated heterocycles. The van der Waals surface area contributed by atoms with Gasteiger partial charge in [0, 0.05) is 6.54 Å². The number of hydrogen-bond acceptors (Lipinski definition) is 1. The zero-order valence-corrected chi connectivity index (χ0v) is 11.9. The van der Waals surface area contributed by atoms with Crippen molar-refractivity contribution in [3.8, 4) is 0 Å². The van der Waals surface area contributed by atoms with Crippen molar-refractivity contribution in [2.45, 2.75) is 46.0 Å². The molecule has 1 aromatic rings. The molecule has 1 rings (SSSR count). The molecule has 1 nitrogen and oxygen atoms in total. The molecule has 0 aliphatic carbocycles. The van der Waals surface area contributed by atoms with E-state index in [0.29, 0.717) is 11.8 Å². The van der Waals surface area contributed by atoms with Crippen LogP contribution in [-0.2, 0) is 0 Å². The van der Waals surface area contributed by atoms with Crippen LogP contribution in [0.4, 0.5) is 4.39 Å². The Kier molecular flexibility index (Phi) is 6.96. The summed E-state index contributed by atoms with van der Waals surface area (Å²) < 4.78 is 13.3. The summed E-state index contributed by atoms with van der Waals surface area (Å²) in [6.45, 7) is 8.62. The highest BCUT2D eigenvalue weighted by molar-refractivity contribution is 5.21. The van der Waals surface area contributed by atoms with Crippen LogP contribution in [0.3, 0.4) is 0 Å². The van der Waals surface area contributed by atoms with E-state index in [9.17, 15) is 4.39 Å². The van der Waals surface area contributed by atoms with Crippen molar-refractivity contribution in [1.29, 1.82) is 0 Å². The van der Waals surface area contributed by atoms with Crippen molar-refractivity contribution in [3.05, 3.63) is 35.6 Å². The Labute approximate surface area is 111 Å². The van der Waals surface area contributed by atoms with Gasteiger partial charge in [-0.3, -0.25) is 0 Å². The maximum absolute atomic E-state index is 13.3. The molecular formula is C16H26FN. The fourth-order valence-electron chi connectivity index (χ4n) is 2.48. The maximum Gasteiger partial charge on any atom is 0.123 e. The second kappa shape index (κ2) is 8.25. The van der Waals surface area contributed by atoms with Crippen LogP contribution >= 0.6 is 0 Å². The average Bonchev–Trinajstić information content (AvgIpc) is 2.35. The van der Waals surface area contributed by atoms with Gasteiger partial charge in [0.05, 0.1) is 0 Å². The summed E-state index contributed by atoms with van der Waals surface area (Å²) in [7, 11) is 0. The molecule has 18 heavy (non-hydrogen) atoms. The summed E-state index contributed by atoms with van der Waals surface area (Å²) in [5.41, 5.74) is 1.12. The van der Waals surface area contributed by atoms with E-state index >= 15 is 0 Å². The first-order chi connectivity index (χ1) is 8.69. The van der Waals surface area contributed by atoms with Crippen LogP contribution < -0.4 is 5.32 Å². The maximum atomic E-state index is 13.3. The number of halogens is 1. The molecule has 2 heteroatoms. The van der Waals surface area contributed by atoms with Gasteiger partial charge in [-0.05, 0) is 42.5 Å². The van der Waals surface area contributed by atoms with E-state index < -0.39 is 0 Å². The highest BCUT2D eigenvalue weighted by Gasteiger charge is 2.18. The Morgan fingerprint density at radius 1 is 1.22 bits per heavy atom. The number of benzene rings is 1. The molecular weight excluding hydrogens is 225 g/mol. The molecule has 1 aromatic carbocycles. The third-order valence-electron chi connectivity index (χ3n) is 3.50. The lowest BCUT2D eigenvalue weighted by Gasteiger charge is -2.24. The summed E-state index contributed by atoms with van der Waals surface area (Å²) in [5.74, 6) is 0.866. The van der Waals surface area contributed by atoms with Crippen LogP contribution in [0.2, 0.25) is 0 Å². The predicted molar refractivity (Wildman–Crippen MR) is 76.4 cm³/mol. The van der Waals surface area contributed by atoms with Crippen molar-refractivity contribution in [2.24, 2.45) is 5.92 Å². The molecule has 0 aliphatic rings. The Bertz CT molecular complexity index is 338. The Hall–Kier alpha value is -0.890. The quantitative estimate of drug-likeness (QED) is 0.677. The largest absolute Gasteiger partial charge is 0.316 e. The fraction of sp³-hybridized carbons (Fsp3) is 0.625. The summed E-state index contributed by atoms with van der Waals surface area (Å²) in [6, 6.07) is 7.07. The van der Waals surface area contributed by atoms with Crippen molar-refractivity contribution >= 4 is 0 Å². The number of rotatable bonds is 8. The molecule has 0 aromatic heterocycles. The molecule has 2 atom stereocenters. The van der Waals surface area contributed by atoms with Gasteiger partial charge in [0.2, 0.25) is 0 Å². The highest BCUT2D eigenvalue weighted by Crippen LogP contribution is 2.27. The van der Waals surface area contributed by atoms with Crippen molar-refractivity contribution in [2.75, 3.05) is 13.1 Å². The van der Waals surface area contributed by atoms with Crippen LogP contribution in [-0.4, -0.2) is 13.1 Å². The van der Waals surface area contributed by atoms with E-state index in [0.717, 1.165) is 25.1 Å². The third kappa shape index (κ3) is 4.77. The lowest BCUT2D eigenvalue weighted by molar-refractivity contribution is 0.402. The van der Waals surface area contributed by atoms with Gasteiger partial charge in [-0.2, -0.15) is 0 Å².